The van der Waals surface area contributed by atoms with Gasteiger partial charge in [-0.1, -0.05) is 201 Å². The Kier molecular flexibility index (Phi) is 101. The van der Waals surface area contributed by atoms with Crippen LogP contribution in [0.2, 0.25) is 0 Å². The normalized spacial score (nSPS) is 12.1. The highest BCUT2D eigenvalue weighted by atomic mass is 32.3. The van der Waals surface area contributed by atoms with E-state index >= 15 is 0 Å². The first-order valence-electron chi connectivity index (χ1n) is 28.2. The van der Waals surface area contributed by atoms with Gasteiger partial charge in [0, 0.05) is 43.7 Å². The maximum atomic E-state index is 12.0. The van der Waals surface area contributed by atoms with Crippen LogP contribution in [-0.2, 0) is 127 Å². The van der Waals surface area contributed by atoms with Gasteiger partial charge in [0.1, 0.15) is 0 Å². The van der Waals surface area contributed by atoms with Gasteiger partial charge < -0.3 is 25.4 Å². The molecule has 0 saturated carbocycles. The molecule has 0 N–H and O–H groups in total. The van der Waals surface area contributed by atoms with Gasteiger partial charge in [-0.05, 0) is 74.5 Å². The molecule has 0 amide bonds. The lowest BCUT2D eigenvalue weighted by Gasteiger charge is -2.21. The van der Waals surface area contributed by atoms with Crippen LogP contribution in [-0.4, -0.2) is 158 Å². The van der Waals surface area contributed by atoms with Crippen LogP contribution < -0.4 is 0 Å². The Balaban J connectivity index is -0.0000000522. The van der Waals surface area contributed by atoms with Crippen molar-refractivity contribution in [2.45, 2.75) is 274 Å². The molecule has 31 nitrogen and oxygen atoms in total. The van der Waals surface area contributed by atoms with Gasteiger partial charge in [-0.25, -0.2) is 84.2 Å². The molecule has 114 heavy (non-hydrogen) atoms. The molecule has 0 rings (SSSR count). The molecule has 0 aromatic carbocycles. The average Bonchev–Trinajstić information content (AvgIpc) is 0.849. The van der Waals surface area contributed by atoms with Gasteiger partial charge in [0.25, 0.3) is 0 Å². The van der Waals surface area contributed by atoms with Crippen LogP contribution in [0, 0.1) is 66.7 Å². The number of unbranched alkanes of at least 4 members (excludes halogenated alkanes) is 6. The van der Waals surface area contributed by atoms with Crippen molar-refractivity contribution in [2.24, 2.45) is 29.6 Å². The highest BCUT2D eigenvalue weighted by Crippen LogP contribution is 2.35. The SMILES string of the molecule is C.C.C.C.C.C.C.C.C.C.CC(C)CCCCCCOS(=O)(=O)[N-]S(=O)(=O)C(F)(F)F.CC(C)CCCCCOS(=O)(=O)[N-]S(=O)(=O)C(F)(F)F.CC(C)CCCCOS(=O)(=O)[N-]S(=O)(=O)C(F)(F)F.CC(C)CCCOCCOS(=O)(=O)[N-]S(=O)(=O)C(F)(F)F.CC(C)CCCOS(=O)(=O)[N-]S(=O)(=O)C(F)(F)F.[CH3+].[CH3+].[CH3+].[CH3+].[CH3+]. The largest absolute Gasteiger partial charge is 0.480 e. The number of ether oxygens (including phenoxy) is 1. The number of nitrogens with zero attached hydrogens (tertiary/aromatic N) is 5. The van der Waals surface area contributed by atoms with Gasteiger partial charge in [-0.3, -0.25) is 20.9 Å². The summed E-state index contributed by atoms with van der Waals surface area (Å²) in [5, 5.41) is 0. The number of alkyl halides is 15. The standard InChI is InChI=1S/C10H19F3NO5S2.C9H17F3NO6S2.C9H17F3NO5S2.C8H15F3NO5S2.C7H13F3NO5S2.10CH4.5CH3/c1-9(2)7-5-3-4-6-8-19-21(17,18)14-20(15,16)10(11,12)13;1-8(2)4-3-5-18-6-7-19-21(16,17)13-20(14,15)9(10,11)12;1-8(2)6-4-3-5-7-18-20(16,17)13-19(14,15)9(10,11)12;1-7(2)5-3-4-6-17-19(15,16)12-18(13,14)8(9,10)11;1-6(2)4-3-5-16-18(14,15)11-17(12,13)7(8,9)10;;;;;;;;;;;;;;;/h9H,3-8H2,1-2H3;8H,3-7H2,1-2H3;8H,3-7H2,1-2H3;7H,3-6H2,1-2H3;6H,3-5H2,1-2H3;10*1H4;5*1H3/q5*-1;;;;;;;;;;;5*+1. The van der Waals surface area contributed by atoms with Gasteiger partial charge in [0.15, 0.2) is 50.1 Å². The molecule has 0 radical (unpaired) electrons. The summed E-state index contributed by atoms with van der Waals surface area (Å²) in [5.74, 6) is 2.19. The molecule has 0 heterocycles. The number of sulfonamides is 5. The summed E-state index contributed by atoms with van der Waals surface area (Å²) in [6.45, 7) is 17.7. The molecule has 0 bridgehead atoms. The Morgan fingerprint density at radius 1 is 0.211 bits per heavy atom. The van der Waals surface area contributed by atoms with Gasteiger partial charge >= 0.3 is 27.5 Å². The van der Waals surface area contributed by atoms with Crippen molar-refractivity contribution in [1.29, 1.82) is 0 Å². The first-order valence-corrected chi connectivity index (χ1v) is 42.2. The molecule has 0 aromatic rings. The van der Waals surface area contributed by atoms with Crippen LogP contribution in [0.3, 0.4) is 0 Å². The summed E-state index contributed by atoms with van der Waals surface area (Å²) in [5.41, 5.74) is -28.8. The molecular formula is C58H136F15N5O26S10. The number of hydrogen-bond acceptors (Lipinski definition) is 26. The number of rotatable bonds is 44. The first kappa shape index (κ1) is 162. The third-order valence-electron chi connectivity index (χ3n) is 10.1. The van der Waals surface area contributed by atoms with Gasteiger partial charge in [0.05, 0.1) is 39.6 Å². The van der Waals surface area contributed by atoms with Crippen molar-refractivity contribution in [2.75, 3.05) is 46.2 Å². The van der Waals surface area contributed by atoms with Gasteiger partial charge in [-0.15, -0.1) is 0 Å². The van der Waals surface area contributed by atoms with E-state index in [-0.39, 0.29) is 143 Å². The maximum Gasteiger partial charge on any atom is 0.480 e. The molecule has 0 aliphatic rings. The molecule has 714 valence electrons. The predicted octanol–water partition coefficient (Wildman–Crippen LogP) is 20.5. The Labute approximate surface area is 680 Å². The molecule has 0 fully saturated rings. The fourth-order valence-electron chi connectivity index (χ4n) is 5.46. The van der Waals surface area contributed by atoms with Crippen molar-refractivity contribution < 1.29 is 176 Å². The molecule has 0 spiro atoms. The average molecular weight is 1930 g/mol. The molecule has 0 aliphatic carbocycles. The van der Waals surface area contributed by atoms with E-state index in [2.05, 4.69) is 34.8 Å². The molecular weight excluding hydrogens is 1790 g/mol. The van der Waals surface area contributed by atoms with Crippen LogP contribution >= 0.6 is 0 Å². The Morgan fingerprint density at radius 3 is 0.544 bits per heavy atom. The molecule has 0 aromatic heterocycles. The third-order valence-corrected chi connectivity index (χ3v) is 22.9. The van der Waals surface area contributed by atoms with Crippen LogP contribution in [0.1, 0.15) is 246 Å². The lowest BCUT2D eigenvalue weighted by molar-refractivity contribution is -0.0431. The molecule has 56 heteroatoms. The van der Waals surface area contributed by atoms with Crippen molar-refractivity contribution in [3.8, 4) is 0 Å². The van der Waals surface area contributed by atoms with Crippen LogP contribution in [0.15, 0.2) is 0 Å². The zero-order chi connectivity index (χ0) is 79.4. The highest BCUT2D eigenvalue weighted by molar-refractivity contribution is 8.12. The summed E-state index contributed by atoms with van der Waals surface area (Å²) in [6, 6.07) is 0. The summed E-state index contributed by atoms with van der Waals surface area (Å²) >= 11 is 0. The minimum atomic E-state index is -6.15. The summed E-state index contributed by atoms with van der Waals surface area (Å²) in [7, 11) is -56.2. The second-order valence-corrected chi connectivity index (χ2v) is 37.1. The fourth-order valence-corrected chi connectivity index (χ4v) is 14.4. The quantitative estimate of drug-likeness (QED) is 0.0310. The Bertz CT molecular complexity index is 3390. The van der Waals surface area contributed by atoms with E-state index in [0.717, 1.165) is 51.4 Å². The minimum Gasteiger partial charge on any atom is -0.404 e. The zero-order valence-corrected chi connectivity index (χ0v) is 67.4. The van der Waals surface area contributed by atoms with Crippen LogP contribution in [0.5, 0.6) is 0 Å². The predicted molar refractivity (Wildman–Crippen MR) is 424 cm³/mol. The minimum absolute atomic E-state index is 0. The molecule has 0 saturated heterocycles. The Morgan fingerprint density at radius 2 is 0.351 bits per heavy atom. The highest BCUT2D eigenvalue weighted by Gasteiger charge is 2.44. The second-order valence-electron chi connectivity index (χ2n) is 21.6. The van der Waals surface area contributed by atoms with Crippen LogP contribution in [0.25, 0.3) is 20.6 Å². The van der Waals surface area contributed by atoms with E-state index < -0.39 is 162 Å². The Hall–Kier alpha value is -2.64. The zero-order valence-electron chi connectivity index (χ0n) is 59.3. The maximum absolute atomic E-state index is 12.0. The van der Waals surface area contributed by atoms with E-state index in [9.17, 15) is 150 Å². The fraction of sp³-hybridized carbons (Fsp3) is 0.914. The molecule has 0 unspecified atom stereocenters. The van der Waals surface area contributed by atoms with Gasteiger partial charge in [0.2, 0.25) is 51.5 Å². The molecule has 0 aliphatic heterocycles. The smallest absolute Gasteiger partial charge is 0.404 e. The lowest BCUT2D eigenvalue weighted by atomic mass is 10.0. The summed E-state index contributed by atoms with van der Waals surface area (Å²) in [6.07, 6.45) is 10.6. The van der Waals surface area contributed by atoms with Gasteiger partial charge in [-0.2, -0.15) is 65.9 Å². The molecule has 0 atom stereocenters. The number of hydrogen-bond donors (Lipinski definition) is 0. The monoisotopic (exact) mass is 1920 g/mol. The van der Waals surface area contributed by atoms with E-state index in [1.54, 1.807) is 20.6 Å². The summed E-state index contributed by atoms with van der Waals surface area (Å²) < 4.78 is 427. The summed E-state index contributed by atoms with van der Waals surface area (Å²) in [4.78, 5) is 0. The van der Waals surface area contributed by atoms with E-state index in [0.29, 0.717) is 62.4 Å². The van der Waals surface area contributed by atoms with Crippen LogP contribution in [0.4, 0.5) is 65.9 Å². The van der Waals surface area contributed by atoms with Crippen molar-refractivity contribution in [1.82, 2.24) is 0 Å². The lowest BCUT2D eigenvalue weighted by Crippen LogP contribution is -2.25. The topological polar surface area (TPSA) is 467 Å². The van der Waals surface area contributed by atoms with Crippen molar-refractivity contribution in [3.63, 3.8) is 0 Å². The second kappa shape index (κ2) is 71.0. The first-order chi connectivity index (χ1) is 43.9. The number of halogens is 15. The van der Waals surface area contributed by atoms with Crippen molar-refractivity contribution in [3.05, 3.63) is 57.8 Å². The van der Waals surface area contributed by atoms with E-state index in [1.807, 2.05) is 55.4 Å². The van der Waals surface area contributed by atoms with E-state index in [4.69, 9.17) is 4.74 Å². The van der Waals surface area contributed by atoms with Crippen molar-refractivity contribution >= 4 is 102 Å². The third kappa shape index (κ3) is 87.2. The van der Waals surface area contributed by atoms with E-state index in [1.165, 1.54) is 0 Å².